The smallest absolute Gasteiger partial charge is 0.335 e. The zero-order valence-corrected chi connectivity index (χ0v) is 10.4. The Morgan fingerprint density at radius 1 is 1.00 bits per heavy atom. The number of aromatic amines is 1. The van der Waals surface area contributed by atoms with Gasteiger partial charge in [-0.3, -0.25) is 0 Å². The van der Waals surface area contributed by atoms with Crippen molar-refractivity contribution < 1.29 is 40.8 Å². The molecule has 2 aromatic rings. The molecule has 10 heteroatoms. The topological polar surface area (TPSA) is 76.3 Å². The number of imidazole rings is 1. The summed E-state index contributed by atoms with van der Waals surface area (Å²) in [5.74, 6) is -6.86. The third kappa shape index (κ3) is 2.58. The van der Waals surface area contributed by atoms with Crippen molar-refractivity contribution in [3.05, 3.63) is 29.1 Å². The van der Waals surface area contributed by atoms with Crippen LogP contribution < -0.4 is 18.9 Å². The second-order valence-corrected chi connectivity index (χ2v) is 3.77. The SMILES string of the molecule is N#Cc1ccc(C#N)c2[nH]c(C(F)(F)C(F)(F)F)nc12.[Li+]. The van der Waals surface area contributed by atoms with Crippen LogP contribution in [0.15, 0.2) is 12.1 Å². The van der Waals surface area contributed by atoms with Gasteiger partial charge in [-0.2, -0.15) is 32.5 Å². The van der Waals surface area contributed by atoms with Gasteiger partial charge in [-0.1, -0.05) is 0 Å². The summed E-state index contributed by atoms with van der Waals surface area (Å²) in [5, 5.41) is 17.6. The van der Waals surface area contributed by atoms with Crippen LogP contribution in [0.3, 0.4) is 0 Å². The molecule has 0 unspecified atom stereocenters. The summed E-state index contributed by atoms with van der Waals surface area (Å²) in [5.41, 5.74) is -1.12. The summed E-state index contributed by atoms with van der Waals surface area (Å²) >= 11 is 0. The summed E-state index contributed by atoms with van der Waals surface area (Å²) in [4.78, 5) is 4.91. The van der Waals surface area contributed by atoms with Crippen LogP contribution in [0.1, 0.15) is 17.0 Å². The molecule has 0 bridgehead atoms. The summed E-state index contributed by atoms with van der Waals surface area (Å²) in [6, 6.07) is 5.48. The number of fused-ring (bicyclic) bond motifs is 1. The summed E-state index contributed by atoms with van der Waals surface area (Å²) in [6.07, 6.45) is -5.83. The number of benzene rings is 1. The van der Waals surface area contributed by atoms with Crippen LogP contribution in [-0.2, 0) is 5.92 Å². The van der Waals surface area contributed by atoms with Gasteiger partial charge in [0.15, 0.2) is 5.82 Å². The molecule has 102 valence electrons. The van der Waals surface area contributed by atoms with Crippen molar-refractivity contribution in [2.75, 3.05) is 0 Å². The van der Waals surface area contributed by atoms with Crippen molar-refractivity contribution in [3.8, 4) is 12.1 Å². The number of hydrogen-bond donors (Lipinski definition) is 1. The van der Waals surface area contributed by atoms with E-state index in [1.54, 1.807) is 17.1 Å². The third-order valence-corrected chi connectivity index (χ3v) is 2.54. The van der Waals surface area contributed by atoms with Gasteiger partial charge in [0.1, 0.15) is 17.7 Å². The molecule has 0 aliphatic carbocycles. The molecule has 0 aliphatic heterocycles. The van der Waals surface area contributed by atoms with E-state index < -0.39 is 23.4 Å². The Morgan fingerprint density at radius 2 is 1.52 bits per heavy atom. The number of nitrogens with one attached hydrogen (secondary N) is 1. The number of aromatic nitrogens is 2. The van der Waals surface area contributed by atoms with E-state index >= 15 is 0 Å². The van der Waals surface area contributed by atoms with Crippen LogP contribution in [0, 0.1) is 22.7 Å². The average Bonchev–Trinajstić information content (AvgIpc) is 2.81. The van der Waals surface area contributed by atoms with E-state index in [0.717, 1.165) is 12.1 Å². The van der Waals surface area contributed by atoms with E-state index in [9.17, 15) is 22.0 Å². The van der Waals surface area contributed by atoms with Crippen LogP contribution in [-0.4, -0.2) is 16.1 Å². The Morgan fingerprint density at radius 3 is 2.00 bits per heavy atom. The molecule has 0 spiro atoms. The van der Waals surface area contributed by atoms with Gasteiger partial charge in [-0.25, -0.2) is 4.98 Å². The van der Waals surface area contributed by atoms with E-state index in [0.29, 0.717) is 0 Å². The Bertz CT molecular complexity index is 715. The number of nitriles is 2. The first-order valence-electron chi connectivity index (χ1n) is 5.00. The Balaban J connectivity index is 0.00000220. The van der Waals surface area contributed by atoms with Crippen molar-refractivity contribution in [1.82, 2.24) is 9.97 Å². The molecule has 0 aliphatic rings. The van der Waals surface area contributed by atoms with Gasteiger partial charge >= 0.3 is 31.0 Å². The summed E-state index contributed by atoms with van der Waals surface area (Å²) < 4.78 is 63.2. The van der Waals surface area contributed by atoms with Crippen molar-refractivity contribution in [3.63, 3.8) is 0 Å². The fraction of sp³-hybridized carbons (Fsp3) is 0.182. The van der Waals surface area contributed by atoms with Crippen molar-refractivity contribution in [1.29, 1.82) is 10.5 Å². The quantitative estimate of drug-likeness (QED) is 0.592. The molecule has 1 heterocycles. The molecule has 21 heavy (non-hydrogen) atoms. The van der Waals surface area contributed by atoms with Gasteiger partial charge in [0.05, 0.1) is 16.6 Å². The Labute approximate surface area is 126 Å². The average molecular weight is 293 g/mol. The molecule has 2 rings (SSSR count). The second-order valence-electron chi connectivity index (χ2n) is 3.77. The molecule has 0 fully saturated rings. The predicted octanol–water partition coefficient (Wildman–Crippen LogP) is -0.0356. The van der Waals surface area contributed by atoms with E-state index in [-0.39, 0.29) is 35.5 Å². The van der Waals surface area contributed by atoms with Crippen LogP contribution in [0.25, 0.3) is 11.0 Å². The molecule has 0 saturated heterocycles. The van der Waals surface area contributed by atoms with Gasteiger partial charge in [0.2, 0.25) is 0 Å². The third-order valence-electron chi connectivity index (χ3n) is 2.54. The molecule has 0 amide bonds. The van der Waals surface area contributed by atoms with Crippen LogP contribution in [0.4, 0.5) is 22.0 Å². The first-order chi connectivity index (χ1) is 9.22. The number of rotatable bonds is 1. The van der Waals surface area contributed by atoms with Gasteiger partial charge in [-0.15, -0.1) is 0 Å². The molecular formula is C11H3F5LiN4+. The first-order valence-corrected chi connectivity index (χ1v) is 5.00. The molecule has 0 saturated carbocycles. The molecule has 1 aromatic heterocycles. The minimum atomic E-state index is -5.83. The van der Waals surface area contributed by atoms with Crippen molar-refractivity contribution >= 4 is 11.0 Å². The van der Waals surface area contributed by atoms with Crippen LogP contribution >= 0.6 is 0 Å². The summed E-state index contributed by atoms with van der Waals surface area (Å²) in [7, 11) is 0. The standard InChI is InChI=1S/C11H3F5N4.Li/c12-10(13,11(14,15)16)9-19-7-5(3-17)1-2-6(4-18)8(7)20-9;/h1-2H,(H,19,20);/q;+1. The molecule has 1 aromatic carbocycles. The van der Waals surface area contributed by atoms with E-state index in [1.165, 1.54) is 0 Å². The molecule has 1 N–H and O–H groups in total. The number of nitrogens with zero attached hydrogens (tertiary/aromatic N) is 3. The van der Waals surface area contributed by atoms with Gasteiger partial charge in [0, 0.05) is 0 Å². The minimum Gasteiger partial charge on any atom is -0.335 e. The normalized spacial score (nSPS) is 11.6. The number of H-pyrrole nitrogens is 1. The number of alkyl halides is 5. The fourth-order valence-electron chi connectivity index (χ4n) is 1.56. The number of halogens is 5. The maximum Gasteiger partial charge on any atom is 1.00 e. The van der Waals surface area contributed by atoms with Gasteiger partial charge < -0.3 is 4.98 Å². The summed E-state index contributed by atoms with van der Waals surface area (Å²) in [6.45, 7) is 0. The Kier molecular flexibility index (Phi) is 4.34. The van der Waals surface area contributed by atoms with Crippen LogP contribution in [0.5, 0.6) is 0 Å². The molecule has 0 radical (unpaired) electrons. The van der Waals surface area contributed by atoms with E-state index in [4.69, 9.17) is 10.5 Å². The minimum absolute atomic E-state index is 0. The van der Waals surface area contributed by atoms with E-state index in [2.05, 4.69) is 4.98 Å². The van der Waals surface area contributed by atoms with Crippen molar-refractivity contribution in [2.24, 2.45) is 0 Å². The van der Waals surface area contributed by atoms with Gasteiger partial charge in [0.25, 0.3) is 0 Å². The zero-order chi connectivity index (χ0) is 15.1. The number of hydrogen-bond acceptors (Lipinski definition) is 3. The van der Waals surface area contributed by atoms with Crippen LogP contribution in [0.2, 0.25) is 0 Å². The first kappa shape index (κ1) is 17.0. The molecule has 4 nitrogen and oxygen atoms in total. The second kappa shape index (κ2) is 5.36. The molecular weight excluding hydrogens is 290 g/mol. The van der Waals surface area contributed by atoms with Gasteiger partial charge in [-0.05, 0) is 12.1 Å². The van der Waals surface area contributed by atoms with Crippen molar-refractivity contribution in [2.45, 2.75) is 12.1 Å². The maximum atomic E-state index is 13.2. The van der Waals surface area contributed by atoms with E-state index in [1.807, 2.05) is 0 Å². The fourth-order valence-corrected chi connectivity index (χ4v) is 1.56. The molecule has 0 atom stereocenters. The maximum absolute atomic E-state index is 13.2. The Hall–Kier alpha value is -2.08. The largest absolute Gasteiger partial charge is 1.00 e. The zero-order valence-electron chi connectivity index (χ0n) is 10.4. The predicted molar refractivity (Wildman–Crippen MR) is 55.5 cm³/mol. The monoisotopic (exact) mass is 293 g/mol.